The van der Waals surface area contributed by atoms with Gasteiger partial charge in [0, 0.05) is 19.3 Å². The highest BCUT2D eigenvalue weighted by atomic mass is 32.2. The summed E-state index contributed by atoms with van der Waals surface area (Å²) in [5.41, 5.74) is 0. The number of aromatic nitrogens is 2. The van der Waals surface area contributed by atoms with Gasteiger partial charge in [0.15, 0.2) is 21.4 Å². The maximum atomic E-state index is 12.3. The average molecular weight is 345 g/mol. The molecular formula is C16H15N3O4S. The molecule has 0 radical (unpaired) electrons. The summed E-state index contributed by atoms with van der Waals surface area (Å²) in [5.74, 6) is -0.188. The second kappa shape index (κ2) is 6.32. The van der Waals surface area contributed by atoms with E-state index in [-0.39, 0.29) is 22.2 Å². The number of hydrogen-bond acceptors (Lipinski definition) is 5. The molecule has 7 nitrogen and oxygen atoms in total. The average Bonchev–Trinajstić information content (AvgIpc) is 3.17. The molecule has 1 aromatic carbocycles. The summed E-state index contributed by atoms with van der Waals surface area (Å²) < 4.78 is 31.5. The van der Waals surface area contributed by atoms with E-state index in [0.29, 0.717) is 5.82 Å². The van der Waals surface area contributed by atoms with Crippen molar-refractivity contribution >= 4 is 21.6 Å². The molecule has 3 rings (SSSR count). The zero-order valence-electron chi connectivity index (χ0n) is 12.8. The second-order valence-corrected chi connectivity index (χ2v) is 7.16. The van der Waals surface area contributed by atoms with Crippen molar-refractivity contribution in [2.24, 2.45) is 7.05 Å². The SMILES string of the molecule is Cn1ccc(NC(=O)c2ccc(CS(=O)(=O)c3ccccc3)o2)n1. The van der Waals surface area contributed by atoms with E-state index in [1.54, 1.807) is 42.2 Å². The van der Waals surface area contributed by atoms with E-state index in [1.807, 2.05) is 0 Å². The Morgan fingerprint density at radius 3 is 2.58 bits per heavy atom. The molecule has 0 bridgehead atoms. The summed E-state index contributed by atoms with van der Waals surface area (Å²) in [4.78, 5) is 12.3. The number of anilines is 1. The van der Waals surface area contributed by atoms with Crippen LogP contribution in [0, 0.1) is 0 Å². The third kappa shape index (κ3) is 3.54. The molecule has 0 atom stereocenters. The first-order valence-electron chi connectivity index (χ1n) is 7.11. The Kier molecular flexibility index (Phi) is 4.22. The van der Waals surface area contributed by atoms with Gasteiger partial charge in [-0.1, -0.05) is 18.2 Å². The lowest BCUT2D eigenvalue weighted by molar-refractivity contribution is 0.0994. The molecule has 24 heavy (non-hydrogen) atoms. The van der Waals surface area contributed by atoms with Gasteiger partial charge in [-0.25, -0.2) is 8.42 Å². The quantitative estimate of drug-likeness (QED) is 0.765. The van der Waals surface area contributed by atoms with E-state index in [1.165, 1.54) is 24.3 Å². The number of nitrogens with one attached hydrogen (secondary N) is 1. The summed E-state index contributed by atoms with van der Waals surface area (Å²) in [6, 6.07) is 12.6. The van der Waals surface area contributed by atoms with Crippen LogP contribution in [0.25, 0.3) is 0 Å². The zero-order chi connectivity index (χ0) is 17.2. The summed E-state index contributed by atoms with van der Waals surface area (Å²) in [5, 5.41) is 6.60. The van der Waals surface area contributed by atoms with Crippen molar-refractivity contribution < 1.29 is 17.6 Å². The fourth-order valence-electron chi connectivity index (χ4n) is 2.14. The standard InChI is InChI=1S/C16H15N3O4S/c1-19-10-9-15(18-19)17-16(20)14-8-7-12(23-14)11-24(21,22)13-5-3-2-4-6-13/h2-10H,11H2,1H3,(H,17,18,20). The number of hydrogen-bond donors (Lipinski definition) is 1. The molecule has 0 unspecified atom stereocenters. The van der Waals surface area contributed by atoms with E-state index in [9.17, 15) is 13.2 Å². The molecule has 1 amide bonds. The Morgan fingerprint density at radius 2 is 1.92 bits per heavy atom. The number of carbonyl (C=O) groups excluding carboxylic acids is 1. The Morgan fingerprint density at radius 1 is 1.17 bits per heavy atom. The smallest absolute Gasteiger partial charge is 0.292 e. The predicted octanol–water partition coefficient (Wildman–Crippen LogP) is 2.24. The Labute approximate surface area is 138 Å². The topological polar surface area (TPSA) is 94.2 Å². The van der Waals surface area contributed by atoms with Gasteiger partial charge in [0.2, 0.25) is 0 Å². The Bertz CT molecular complexity index is 958. The molecule has 0 saturated heterocycles. The lowest BCUT2D eigenvalue weighted by atomic mass is 10.4. The van der Waals surface area contributed by atoms with Crippen molar-refractivity contribution in [2.45, 2.75) is 10.6 Å². The fraction of sp³-hybridized carbons (Fsp3) is 0.125. The first-order chi connectivity index (χ1) is 11.4. The minimum absolute atomic E-state index is 0.0268. The largest absolute Gasteiger partial charge is 0.455 e. The highest BCUT2D eigenvalue weighted by molar-refractivity contribution is 7.90. The number of benzene rings is 1. The maximum Gasteiger partial charge on any atom is 0.292 e. The maximum absolute atomic E-state index is 12.3. The second-order valence-electron chi connectivity index (χ2n) is 5.17. The highest BCUT2D eigenvalue weighted by Gasteiger charge is 2.19. The first kappa shape index (κ1) is 16.0. The van der Waals surface area contributed by atoms with E-state index in [2.05, 4.69) is 10.4 Å². The Hall–Kier alpha value is -2.87. The number of carbonyl (C=O) groups is 1. The number of amides is 1. The lowest BCUT2D eigenvalue weighted by Gasteiger charge is -2.02. The van der Waals surface area contributed by atoms with Crippen LogP contribution in [0.5, 0.6) is 0 Å². The van der Waals surface area contributed by atoms with Gasteiger partial charge in [-0.05, 0) is 24.3 Å². The molecule has 3 aromatic rings. The molecular weight excluding hydrogens is 330 g/mol. The zero-order valence-corrected chi connectivity index (χ0v) is 13.7. The molecule has 1 N–H and O–H groups in total. The van der Waals surface area contributed by atoms with E-state index in [4.69, 9.17) is 4.42 Å². The fourth-order valence-corrected chi connectivity index (χ4v) is 3.40. The Balaban J connectivity index is 1.72. The van der Waals surface area contributed by atoms with Crippen LogP contribution in [-0.2, 0) is 22.6 Å². The summed E-state index contributed by atoms with van der Waals surface area (Å²) in [6.45, 7) is 0. The molecule has 0 aliphatic carbocycles. The van der Waals surface area contributed by atoms with Gasteiger partial charge >= 0.3 is 0 Å². The van der Waals surface area contributed by atoms with Gasteiger partial charge < -0.3 is 9.73 Å². The van der Waals surface area contributed by atoms with Crippen molar-refractivity contribution in [1.82, 2.24) is 9.78 Å². The van der Waals surface area contributed by atoms with Gasteiger partial charge in [-0.15, -0.1) is 0 Å². The van der Waals surface area contributed by atoms with Crippen LogP contribution < -0.4 is 5.32 Å². The minimum Gasteiger partial charge on any atom is -0.455 e. The van der Waals surface area contributed by atoms with Crippen molar-refractivity contribution in [2.75, 3.05) is 5.32 Å². The normalized spacial score (nSPS) is 11.4. The molecule has 8 heteroatoms. The van der Waals surface area contributed by atoms with Crippen LogP contribution in [0.2, 0.25) is 0 Å². The van der Waals surface area contributed by atoms with Crippen molar-refractivity contribution in [3.05, 3.63) is 66.2 Å². The molecule has 0 aliphatic heterocycles. The van der Waals surface area contributed by atoms with Crippen LogP contribution >= 0.6 is 0 Å². The molecule has 124 valence electrons. The van der Waals surface area contributed by atoms with Crippen LogP contribution in [-0.4, -0.2) is 24.1 Å². The van der Waals surface area contributed by atoms with E-state index < -0.39 is 15.7 Å². The molecule has 0 aliphatic rings. The van der Waals surface area contributed by atoms with Gasteiger partial charge in [-0.3, -0.25) is 9.48 Å². The number of aryl methyl sites for hydroxylation is 1. The molecule has 2 aromatic heterocycles. The number of sulfone groups is 1. The molecule has 2 heterocycles. The van der Waals surface area contributed by atoms with E-state index >= 15 is 0 Å². The van der Waals surface area contributed by atoms with Crippen molar-refractivity contribution in [3.63, 3.8) is 0 Å². The van der Waals surface area contributed by atoms with Crippen molar-refractivity contribution in [3.8, 4) is 0 Å². The third-order valence-electron chi connectivity index (χ3n) is 3.28. The van der Waals surface area contributed by atoms with Crippen LogP contribution in [0.3, 0.4) is 0 Å². The first-order valence-corrected chi connectivity index (χ1v) is 8.77. The van der Waals surface area contributed by atoms with Crippen LogP contribution in [0.1, 0.15) is 16.3 Å². The van der Waals surface area contributed by atoms with Crippen molar-refractivity contribution in [1.29, 1.82) is 0 Å². The summed E-state index contributed by atoms with van der Waals surface area (Å²) >= 11 is 0. The van der Waals surface area contributed by atoms with Gasteiger partial charge in [0.05, 0.1) is 4.90 Å². The van der Waals surface area contributed by atoms with Gasteiger partial charge in [-0.2, -0.15) is 5.10 Å². The van der Waals surface area contributed by atoms with Crippen LogP contribution in [0.15, 0.2) is 64.0 Å². The monoisotopic (exact) mass is 345 g/mol. The number of nitrogens with zero attached hydrogens (tertiary/aromatic N) is 2. The molecule has 0 saturated carbocycles. The highest BCUT2D eigenvalue weighted by Crippen LogP contribution is 2.18. The van der Waals surface area contributed by atoms with Crippen LogP contribution in [0.4, 0.5) is 5.82 Å². The number of rotatable bonds is 5. The summed E-state index contributed by atoms with van der Waals surface area (Å²) in [6.07, 6.45) is 1.69. The van der Waals surface area contributed by atoms with Gasteiger partial charge in [0.25, 0.3) is 5.91 Å². The summed E-state index contributed by atoms with van der Waals surface area (Å²) in [7, 11) is -1.79. The number of furan rings is 1. The molecule has 0 fully saturated rings. The van der Waals surface area contributed by atoms with Gasteiger partial charge in [0.1, 0.15) is 11.5 Å². The lowest BCUT2D eigenvalue weighted by Crippen LogP contribution is -2.11. The van der Waals surface area contributed by atoms with E-state index in [0.717, 1.165) is 0 Å². The minimum atomic E-state index is -3.52. The predicted molar refractivity (Wildman–Crippen MR) is 87.2 cm³/mol. The molecule has 0 spiro atoms. The third-order valence-corrected chi connectivity index (χ3v) is 4.93.